The molecule has 1 rings (SSSR count). The topological polar surface area (TPSA) is 57.6 Å². The highest BCUT2D eigenvalue weighted by Gasteiger charge is 2.12. The van der Waals surface area contributed by atoms with Gasteiger partial charge < -0.3 is 10.0 Å². The summed E-state index contributed by atoms with van der Waals surface area (Å²) in [5.74, 6) is 0.318. The van der Waals surface area contributed by atoms with Crippen LogP contribution in [0.25, 0.3) is 0 Å². The van der Waals surface area contributed by atoms with Crippen LogP contribution in [0, 0.1) is 0 Å². The molecule has 0 saturated carbocycles. The molecule has 1 aromatic carbocycles. The molecule has 0 bridgehead atoms. The highest BCUT2D eigenvalue weighted by Crippen LogP contribution is 2.12. The van der Waals surface area contributed by atoms with E-state index in [1.807, 2.05) is 37.3 Å². The minimum atomic E-state index is -0.872. The predicted octanol–water partition coefficient (Wildman–Crippen LogP) is 2.24. The van der Waals surface area contributed by atoms with E-state index in [0.29, 0.717) is 12.3 Å². The molecule has 104 valence electrons. The van der Waals surface area contributed by atoms with Gasteiger partial charge in [0.2, 0.25) is 5.91 Å². The lowest BCUT2D eigenvalue weighted by Crippen LogP contribution is -2.34. The fourth-order valence-corrected chi connectivity index (χ4v) is 2.50. The maximum Gasteiger partial charge on any atom is 0.305 e. The fraction of sp³-hybridized carbons (Fsp3) is 0.429. The Bertz CT molecular complexity index is 408. The first-order valence-electron chi connectivity index (χ1n) is 6.24. The maximum atomic E-state index is 11.9. The van der Waals surface area contributed by atoms with Crippen molar-refractivity contribution < 1.29 is 14.7 Å². The summed E-state index contributed by atoms with van der Waals surface area (Å²) in [6.45, 7) is 2.70. The van der Waals surface area contributed by atoms with Crippen LogP contribution in [-0.4, -0.2) is 40.7 Å². The minimum absolute atomic E-state index is 0.00291. The Hall–Kier alpha value is -1.49. The highest BCUT2D eigenvalue weighted by molar-refractivity contribution is 7.99. The molecule has 0 saturated heterocycles. The van der Waals surface area contributed by atoms with Gasteiger partial charge in [-0.3, -0.25) is 9.59 Å². The van der Waals surface area contributed by atoms with E-state index in [2.05, 4.69) is 0 Å². The fourth-order valence-electron chi connectivity index (χ4n) is 1.61. The third kappa shape index (κ3) is 6.29. The van der Waals surface area contributed by atoms with Gasteiger partial charge in [0, 0.05) is 18.8 Å². The van der Waals surface area contributed by atoms with E-state index in [1.165, 1.54) is 5.56 Å². The number of aliphatic carboxylic acids is 1. The largest absolute Gasteiger partial charge is 0.481 e. The Morgan fingerprint density at radius 1 is 1.26 bits per heavy atom. The van der Waals surface area contributed by atoms with Crippen molar-refractivity contribution in [2.75, 3.05) is 18.8 Å². The first kappa shape index (κ1) is 15.6. The lowest BCUT2D eigenvalue weighted by Gasteiger charge is -2.19. The molecule has 1 N–H and O–H groups in total. The molecule has 0 aromatic heterocycles. The van der Waals surface area contributed by atoms with Gasteiger partial charge >= 0.3 is 5.97 Å². The zero-order valence-corrected chi connectivity index (χ0v) is 11.9. The zero-order valence-electron chi connectivity index (χ0n) is 11.0. The van der Waals surface area contributed by atoms with Crippen molar-refractivity contribution in [1.82, 2.24) is 4.90 Å². The van der Waals surface area contributed by atoms with Crippen molar-refractivity contribution in [3.63, 3.8) is 0 Å². The summed E-state index contributed by atoms with van der Waals surface area (Å²) >= 11 is 1.55. The van der Waals surface area contributed by atoms with Crippen LogP contribution in [0.1, 0.15) is 18.9 Å². The van der Waals surface area contributed by atoms with Gasteiger partial charge in [-0.1, -0.05) is 30.3 Å². The predicted molar refractivity (Wildman–Crippen MR) is 77.1 cm³/mol. The average Bonchev–Trinajstić information content (AvgIpc) is 2.40. The van der Waals surface area contributed by atoms with Gasteiger partial charge in [0.15, 0.2) is 0 Å². The number of hydrogen-bond acceptors (Lipinski definition) is 3. The molecule has 0 heterocycles. The third-order valence-electron chi connectivity index (χ3n) is 2.67. The molecule has 4 nitrogen and oxygen atoms in total. The smallest absolute Gasteiger partial charge is 0.305 e. The van der Waals surface area contributed by atoms with Crippen LogP contribution in [0.3, 0.4) is 0 Å². The molecule has 1 aromatic rings. The lowest BCUT2D eigenvalue weighted by atomic mass is 10.2. The Balaban J connectivity index is 2.30. The van der Waals surface area contributed by atoms with Gasteiger partial charge in [-0.2, -0.15) is 0 Å². The van der Waals surface area contributed by atoms with Crippen molar-refractivity contribution in [1.29, 1.82) is 0 Å². The van der Waals surface area contributed by atoms with Crippen molar-refractivity contribution in [3.8, 4) is 0 Å². The summed E-state index contributed by atoms with van der Waals surface area (Å²) in [4.78, 5) is 24.0. The Morgan fingerprint density at radius 3 is 2.53 bits per heavy atom. The molecule has 0 fully saturated rings. The number of benzene rings is 1. The minimum Gasteiger partial charge on any atom is -0.481 e. The average molecular weight is 281 g/mol. The van der Waals surface area contributed by atoms with E-state index >= 15 is 0 Å². The number of hydrogen-bond donors (Lipinski definition) is 1. The number of carboxylic acid groups (broad SMARTS) is 1. The standard InChI is InChI=1S/C14H19NO3S/c1-2-15(9-8-14(17)18)13(16)11-19-10-12-6-4-3-5-7-12/h3-7H,2,8-11H2,1H3,(H,17,18). The number of carbonyl (C=O) groups excluding carboxylic acids is 1. The van der Waals surface area contributed by atoms with Gasteiger partial charge in [0.1, 0.15) is 0 Å². The van der Waals surface area contributed by atoms with Crippen LogP contribution in [0.4, 0.5) is 0 Å². The van der Waals surface area contributed by atoms with E-state index in [4.69, 9.17) is 5.11 Å². The second kappa shape index (κ2) is 8.58. The highest BCUT2D eigenvalue weighted by atomic mass is 32.2. The quantitative estimate of drug-likeness (QED) is 0.794. The molecule has 0 spiro atoms. The number of nitrogens with zero attached hydrogens (tertiary/aromatic N) is 1. The summed E-state index contributed by atoms with van der Waals surface area (Å²) in [7, 11) is 0. The Kier molecular flexibility index (Phi) is 7.03. The number of rotatable bonds is 8. The van der Waals surface area contributed by atoms with E-state index < -0.39 is 5.97 Å². The summed E-state index contributed by atoms with van der Waals surface area (Å²) in [6.07, 6.45) is 0.00291. The van der Waals surface area contributed by atoms with Crippen molar-refractivity contribution >= 4 is 23.6 Å². The first-order chi connectivity index (χ1) is 9.13. The summed E-state index contributed by atoms with van der Waals surface area (Å²) in [6, 6.07) is 9.97. The monoisotopic (exact) mass is 281 g/mol. The molecule has 0 unspecified atom stereocenters. The van der Waals surface area contributed by atoms with E-state index in [9.17, 15) is 9.59 Å². The van der Waals surface area contributed by atoms with Gasteiger partial charge in [-0.15, -0.1) is 11.8 Å². The summed E-state index contributed by atoms with van der Waals surface area (Å²) < 4.78 is 0. The van der Waals surface area contributed by atoms with E-state index in [1.54, 1.807) is 16.7 Å². The van der Waals surface area contributed by atoms with Crippen molar-refractivity contribution in [2.45, 2.75) is 19.1 Å². The number of amides is 1. The summed E-state index contributed by atoms with van der Waals surface area (Å²) in [5.41, 5.74) is 1.19. The lowest BCUT2D eigenvalue weighted by molar-refractivity contribution is -0.138. The Labute approximate surface area is 117 Å². The third-order valence-corrected chi connectivity index (χ3v) is 3.66. The molecule has 0 aliphatic rings. The Morgan fingerprint density at radius 2 is 1.95 bits per heavy atom. The second-order valence-electron chi connectivity index (χ2n) is 4.10. The number of carbonyl (C=O) groups is 2. The molecular formula is C14H19NO3S. The normalized spacial score (nSPS) is 10.2. The SMILES string of the molecule is CCN(CCC(=O)O)C(=O)CSCc1ccccc1. The van der Waals surface area contributed by atoms with Gasteiger partial charge in [0.25, 0.3) is 0 Å². The first-order valence-corrected chi connectivity index (χ1v) is 7.40. The van der Waals surface area contributed by atoms with E-state index in [-0.39, 0.29) is 18.9 Å². The van der Waals surface area contributed by atoms with Crippen LogP contribution >= 0.6 is 11.8 Å². The molecule has 0 atom stereocenters. The molecule has 5 heteroatoms. The number of carboxylic acids is 1. The van der Waals surface area contributed by atoms with Crippen LogP contribution in [-0.2, 0) is 15.3 Å². The van der Waals surface area contributed by atoms with Gasteiger partial charge in [-0.05, 0) is 12.5 Å². The second-order valence-corrected chi connectivity index (χ2v) is 5.08. The van der Waals surface area contributed by atoms with Crippen molar-refractivity contribution in [3.05, 3.63) is 35.9 Å². The van der Waals surface area contributed by atoms with Gasteiger partial charge in [0.05, 0.1) is 12.2 Å². The van der Waals surface area contributed by atoms with Crippen LogP contribution < -0.4 is 0 Å². The molecule has 0 aliphatic heterocycles. The molecular weight excluding hydrogens is 262 g/mol. The van der Waals surface area contributed by atoms with Crippen LogP contribution in [0.2, 0.25) is 0 Å². The van der Waals surface area contributed by atoms with E-state index in [0.717, 1.165) is 5.75 Å². The molecule has 1 amide bonds. The molecule has 19 heavy (non-hydrogen) atoms. The summed E-state index contributed by atoms with van der Waals surface area (Å²) in [5, 5.41) is 8.62. The van der Waals surface area contributed by atoms with Crippen LogP contribution in [0.5, 0.6) is 0 Å². The number of thioether (sulfide) groups is 1. The van der Waals surface area contributed by atoms with Crippen LogP contribution in [0.15, 0.2) is 30.3 Å². The van der Waals surface area contributed by atoms with Gasteiger partial charge in [-0.25, -0.2) is 0 Å². The zero-order chi connectivity index (χ0) is 14.1. The van der Waals surface area contributed by atoms with Crippen molar-refractivity contribution in [2.24, 2.45) is 0 Å². The maximum absolute atomic E-state index is 11.9. The molecule has 0 aliphatic carbocycles. The molecule has 0 radical (unpaired) electrons.